The van der Waals surface area contributed by atoms with Gasteiger partial charge in [0.15, 0.2) is 11.5 Å². The summed E-state index contributed by atoms with van der Waals surface area (Å²) in [5.74, 6) is -0.0361. The number of rotatable bonds is 2. The van der Waals surface area contributed by atoms with Gasteiger partial charge in [-0.25, -0.2) is 0 Å². The molecule has 8 heteroatoms. The minimum Gasteiger partial charge on any atom is -0.355 e. The summed E-state index contributed by atoms with van der Waals surface area (Å²) in [4.78, 5) is 2.07. The third-order valence-electron chi connectivity index (χ3n) is 5.39. The molecule has 0 radical (unpaired) electrons. The second-order valence-electron chi connectivity index (χ2n) is 7.00. The quantitative estimate of drug-likeness (QED) is 0.675. The van der Waals surface area contributed by atoms with Crippen molar-refractivity contribution < 1.29 is 13.2 Å². The Balaban J connectivity index is 1.65. The van der Waals surface area contributed by atoms with Gasteiger partial charge in [-0.05, 0) is 38.2 Å². The largest absolute Gasteiger partial charge is 0.453 e. The summed E-state index contributed by atoms with van der Waals surface area (Å²) in [6.07, 6.45) is -2.71. The minimum absolute atomic E-state index is 0.155. The highest BCUT2D eigenvalue weighted by atomic mass is 19.4. The first-order valence-corrected chi connectivity index (χ1v) is 8.96. The molecule has 0 N–H and O–H groups in total. The molecule has 142 valence electrons. The number of piperidine rings is 1. The lowest BCUT2D eigenvalue weighted by atomic mass is 9.89. The Bertz CT molecular complexity index is 957. The van der Waals surface area contributed by atoms with Gasteiger partial charge in [-0.1, -0.05) is 30.3 Å². The average molecular weight is 375 g/mol. The zero-order valence-corrected chi connectivity index (χ0v) is 15.2. The van der Waals surface area contributed by atoms with E-state index in [1.807, 2.05) is 25.1 Å². The van der Waals surface area contributed by atoms with Gasteiger partial charge >= 0.3 is 6.18 Å². The van der Waals surface area contributed by atoms with E-state index in [-0.39, 0.29) is 5.65 Å². The normalized spacial score (nSPS) is 16.3. The SMILES string of the molecule is Cc1c(N2CCC(c3ccccc3)CC2)nn2c(C(F)(F)F)nnc2c1C. The van der Waals surface area contributed by atoms with Crippen LogP contribution in [-0.4, -0.2) is 32.9 Å². The Morgan fingerprint density at radius 3 is 2.26 bits per heavy atom. The molecule has 27 heavy (non-hydrogen) atoms. The number of aryl methyl sites for hydroxylation is 1. The van der Waals surface area contributed by atoms with Gasteiger partial charge in [0.05, 0.1) is 0 Å². The second kappa shape index (κ2) is 6.51. The lowest BCUT2D eigenvalue weighted by molar-refractivity contribution is -0.146. The smallest absolute Gasteiger partial charge is 0.355 e. The molecule has 3 heterocycles. The van der Waals surface area contributed by atoms with Crippen molar-refractivity contribution in [3.05, 3.63) is 52.8 Å². The van der Waals surface area contributed by atoms with Crippen LogP contribution in [0.15, 0.2) is 30.3 Å². The zero-order valence-electron chi connectivity index (χ0n) is 15.2. The molecule has 0 saturated carbocycles. The summed E-state index contributed by atoms with van der Waals surface area (Å²) < 4.78 is 40.5. The van der Waals surface area contributed by atoms with Crippen LogP contribution in [0.2, 0.25) is 0 Å². The van der Waals surface area contributed by atoms with Crippen molar-refractivity contribution in [2.45, 2.75) is 38.8 Å². The van der Waals surface area contributed by atoms with Crippen LogP contribution in [0.25, 0.3) is 5.65 Å². The molecule has 3 aromatic rings. The lowest BCUT2D eigenvalue weighted by Crippen LogP contribution is -2.34. The fraction of sp³-hybridized carbons (Fsp3) is 0.421. The van der Waals surface area contributed by atoms with Crippen LogP contribution in [0.1, 0.15) is 41.3 Å². The number of halogens is 3. The molecule has 0 bridgehead atoms. The van der Waals surface area contributed by atoms with Gasteiger partial charge in [0.2, 0.25) is 0 Å². The van der Waals surface area contributed by atoms with Crippen molar-refractivity contribution in [3.8, 4) is 0 Å². The zero-order chi connectivity index (χ0) is 19.2. The number of benzene rings is 1. The summed E-state index contributed by atoms with van der Waals surface area (Å²) in [6.45, 7) is 5.15. The van der Waals surface area contributed by atoms with Gasteiger partial charge in [-0.15, -0.1) is 15.3 Å². The fourth-order valence-corrected chi connectivity index (χ4v) is 3.74. The molecule has 1 aliphatic rings. The van der Waals surface area contributed by atoms with Crippen molar-refractivity contribution in [2.24, 2.45) is 0 Å². The predicted molar refractivity (Wildman–Crippen MR) is 95.9 cm³/mol. The van der Waals surface area contributed by atoms with Crippen LogP contribution >= 0.6 is 0 Å². The van der Waals surface area contributed by atoms with E-state index in [2.05, 4.69) is 32.3 Å². The highest BCUT2D eigenvalue weighted by molar-refractivity contribution is 5.59. The van der Waals surface area contributed by atoms with Crippen LogP contribution in [0.5, 0.6) is 0 Å². The molecule has 1 aliphatic heterocycles. The molecular formula is C19H20F3N5. The van der Waals surface area contributed by atoms with Crippen LogP contribution in [0.3, 0.4) is 0 Å². The molecule has 0 amide bonds. The van der Waals surface area contributed by atoms with Crippen LogP contribution in [-0.2, 0) is 6.18 Å². The van der Waals surface area contributed by atoms with Crippen LogP contribution in [0, 0.1) is 13.8 Å². The van der Waals surface area contributed by atoms with Crippen molar-refractivity contribution >= 4 is 11.5 Å². The second-order valence-corrected chi connectivity index (χ2v) is 7.00. The van der Waals surface area contributed by atoms with Gasteiger partial charge in [0, 0.05) is 24.2 Å². The number of aromatic nitrogens is 4. The Morgan fingerprint density at radius 1 is 0.963 bits per heavy atom. The van der Waals surface area contributed by atoms with Gasteiger partial charge in [0.1, 0.15) is 0 Å². The van der Waals surface area contributed by atoms with E-state index in [0.29, 0.717) is 17.3 Å². The van der Waals surface area contributed by atoms with E-state index >= 15 is 0 Å². The van der Waals surface area contributed by atoms with Crippen molar-refractivity contribution in [1.82, 2.24) is 19.8 Å². The third kappa shape index (κ3) is 3.13. The number of alkyl halides is 3. The Hall–Kier alpha value is -2.64. The van der Waals surface area contributed by atoms with Crippen LogP contribution in [0.4, 0.5) is 19.0 Å². The first-order chi connectivity index (χ1) is 12.9. The first kappa shape index (κ1) is 17.8. The predicted octanol–water partition coefficient (Wildman–Crippen LogP) is 4.14. The van der Waals surface area contributed by atoms with Crippen molar-refractivity contribution in [3.63, 3.8) is 0 Å². The summed E-state index contributed by atoms with van der Waals surface area (Å²) in [5, 5.41) is 11.3. The van der Waals surface area contributed by atoms with Crippen molar-refractivity contribution in [2.75, 3.05) is 18.0 Å². The van der Waals surface area contributed by atoms with E-state index in [0.717, 1.165) is 36.0 Å². The molecule has 1 aromatic carbocycles. The first-order valence-electron chi connectivity index (χ1n) is 8.96. The maximum Gasteiger partial charge on any atom is 0.453 e. The Labute approximate surface area is 154 Å². The fourth-order valence-electron chi connectivity index (χ4n) is 3.74. The highest BCUT2D eigenvalue weighted by Crippen LogP contribution is 2.33. The van der Waals surface area contributed by atoms with Crippen LogP contribution < -0.4 is 4.90 Å². The number of hydrogen-bond donors (Lipinski definition) is 0. The maximum atomic E-state index is 13.2. The van der Waals surface area contributed by atoms with E-state index in [9.17, 15) is 13.2 Å². The molecule has 4 rings (SSSR count). The molecule has 2 aromatic heterocycles. The lowest BCUT2D eigenvalue weighted by Gasteiger charge is -2.34. The Morgan fingerprint density at radius 2 is 1.63 bits per heavy atom. The van der Waals surface area contributed by atoms with Crippen molar-refractivity contribution in [1.29, 1.82) is 0 Å². The summed E-state index contributed by atoms with van der Waals surface area (Å²) >= 11 is 0. The number of nitrogens with zero attached hydrogens (tertiary/aromatic N) is 5. The highest BCUT2D eigenvalue weighted by Gasteiger charge is 2.38. The van der Waals surface area contributed by atoms with E-state index < -0.39 is 12.0 Å². The number of fused-ring (bicyclic) bond motifs is 1. The number of anilines is 1. The monoisotopic (exact) mass is 375 g/mol. The molecule has 0 atom stereocenters. The third-order valence-corrected chi connectivity index (χ3v) is 5.39. The van der Waals surface area contributed by atoms with E-state index in [1.54, 1.807) is 6.92 Å². The Kier molecular flexibility index (Phi) is 4.28. The summed E-state index contributed by atoms with van der Waals surface area (Å²) in [6, 6.07) is 10.3. The summed E-state index contributed by atoms with van der Waals surface area (Å²) in [5.41, 5.74) is 2.99. The van der Waals surface area contributed by atoms with Gasteiger partial charge in [0.25, 0.3) is 5.82 Å². The van der Waals surface area contributed by atoms with E-state index in [4.69, 9.17) is 0 Å². The standard InChI is InChI=1S/C19H20F3N5/c1-12-13(2)17(25-27-16(12)23-24-18(27)19(20,21)22)26-10-8-15(9-11-26)14-6-4-3-5-7-14/h3-7,15H,8-11H2,1-2H3. The molecule has 5 nitrogen and oxygen atoms in total. The molecule has 0 unspecified atom stereocenters. The molecular weight excluding hydrogens is 355 g/mol. The topological polar surface area (TPSA) is 46.3 Å². The molecule has 1 fully saturated rings. The van der Waals surface area contributed by atoms with Gasteiger partial charge in [-0.3, -0.25) is 0 Å². The van der Waals surface area contributed by atoms with Gasteiger partial charge in [-0.2, -0.15) is 17.7 Å². The summed E-state index contributed by atoms with van der Waals surface area (Å²) in [7, 11) is 0. The maximum absolute atomic E-state index is 13.2. The van der Waals surface area contributed by atoms with Gasteiger partial charge < -0.3 is 4.90 Å². The number of hydrogen-bond acceptors (Lipinski definition) is 4. The molecule has 1 saturated heterocycles. The van der Waals surface area contributed by atoms with E-state index in [1.165, 1.54) is 5.56 Å². The molecule has 0 spiro atoms. The average Bonchev–Trinajstić information content (AvgIpc) is 3.10. The molecule has 0 aliphatic carbocycles. The minimum atomic E-state index is -4.59.